The molecule has 1 aliphatic carbocycles. The first-order chi connectivity index (χ1) is 16.4. The Hall–Kier alpha value is -3.10. The number of pyridine rings is 1. The summed E-state index contributed by atoms with van der Waals surface area (Å²) in [5.41, 5.74) is 0.720. The second-order valence-electron chi connectivity index (χ2n) is 8.12. The van der Waals surface area contributed by atoms with E-state index in [1.165, 1.54) is 16.2 Å². The number of rotatable bonds is 7. The number of ketones is 1. The first kappa shape index (κ1) is 24.0. The number of carbonyl (C=O) groups is 3. The average Bonchev–Trinajstić information content (AvgIpc) is 3.32. The number of halogens is 1. The minimum Gasteiger partial charge on any atom is -0.455 e. The van der Waals surface area contributed by atoms with E-state index < -0.39 is 24.0 Å². The molecule has 176 valence electrons. The van der Waals surface area contributed by atoms with Gasteiger partial charge in [0.1, 0.15) is 10.5 Å². The number of hydrogen-bond donors (Lipinski definition) is 0. The molecule has 0 radical (unpaired) electrons. The summed E-state index contributed by atoms with van der Waals surface area (Å²) >= 11 is 7.82. The Kier molecular flexibility index (Phi) is 7.38. The number of nitrogens with zero attached hydrogens (tertiary/aromatic N) is 3. The van der Waals surface area contributed by atoms with Gasteiger partial charge in [0, 0.05) is 35.6 Å². The van der Waals surface area contributed by atoms with Gasteiger partial charge in [0.25, 0.3) is 5.91 Å². The van der Waals surface area contributed by atoms with Gasteiger partial charge in [-0.2, -0.15) is 0 Å². The van der Waals surface area contributed by atoms with E-state index in [0.717, 1.165) is 18.5 Å². The number of esters is 1. The van der Waals surface area contributed by atoms with Crippen LogP contribution in [0.15, 0.2) is 54.0 Å². The van der Waals surface area contributed by atoms with E-state index in [2.05, 4.69) is 9.97 Å². The van der Waals surface area contributed by atoms with Gasteiger partial charge < -0.3 is 9.64 Å². The summed E-state index contributed by atoms with van der Waals surface area (Å²) in [5, 5.41) is 2.91. The molecule has 0 spiro atoms. The molecular weight excluding hydrogens is 474 g/mol. The molecule has 0 bridgehead atoms. The van der Waals surface area contributed by atoms with Gasteiger partial charge in [-0.15, -0.1) is 11.3 Å². The lowest BCUT2D eigenvalue weighted by molar-refractivity contribution is -0.157. The largest absolute Gasteiger partial charge is 0.455 e. The maximum atomic E-state index is 13.1. The van der Waals surface area contributed by atoms with E-state index in [1.807, 2.05) is 18.2 Å². The quantitative estimate of drug-likeness (QED) is 0.448. The second-order valence-corrected chi connectivity index (χ2v) is 9.38. The van der Waals surface area contributed by atoms with Crippen LogP contribution in [0.25, 0.3) is 10.7 Å². The van der Waals surface area contributed by atoms with Gasteiger partial charge >= 0.3 is 5.97 Å². The van der Waals surface area contributed by atoms with Crippen LogP contribution in [0, 0.1) is 0 Å². The van der Waals surface area contributed by atoms with Crippen LogP contribution in [0.1, 0.15) is 36.9 Å². The Balaban J connectivity index is 1.42. The highest BCUT2D eigenvalue weighted by Crippen LogP contribution is 2.42. The summed E-state index contributed by atoms with van der Waals surface area (Å²) in [6.45, 7) is -0.466. The van der Waals surface area contributed by atoms with Gasteiger partial charge in [-0.25, -0.2) is 4.98 Å². The zero-order chi connectivity index (χ0) is 24.1. The lowest BCUT2D eigenvalue weighted by Crippen LogP contribution is -2.55. The molecule has 1 amide bonds. The molecule has 1 aliphatic rings. The highest BCUT2D eigenvalue weighted by molar-refractivity contribution is 7.13. The van der Waals surface area contributed by atoms with Crippen molar-refractivity contribution in [3.8, 4) is 10.7 Å². The Labute approximate surface area is 206 Å². The van der Waals surface area contributed by atoms with Crippen LogP contribution in [0.4, 0.5) is 0 Å². The number of hydrogen-bond acceptors (Lipinski definition) is 7. The topological polar surface area (TPSA) is 89.5 Å². The van der Waals surface area contributed by atoms with Crippen molar-refractivity contribution in [1.82, 2.24) is 14.9 Å². The SMILES string of the molecule is CN(C(=O)COC(=O)Cc1csc(-c2ccccn2)n1)[C@]1(c2ccccc2Cl)CCCCC1=O. The third kappa shape index (κ3) is 4.88. The molecule has 1 atom stereocenters. The lowest BCUT2D eigenvalue weighted by Gasteiger charge is -2.43. The fraction of sp³-hybridized carbons (Fsp3) is 0.320. The number of amides is 1. The van der Waals surface area contributed by atoms with Gasteiger partial charge in [-0.3, -0.25) is 19.4 Å². The molecule has 1 aromatic carbocycles. The molecule has 4 rings (SSSR count). The third-order valence-corrected chi connectivity index (χ3v) is 7.28. The summed E-state index contributed by atoms with van der Waals surface area (Å²) in [7, 11) is 1.57. The fourth-order valence-corrected chi connectivity index (χ4v) is 5.36. The zero-order valence-corrected chi connectivity index (χ0v) is 20.3. The Bertz CT molecular complexity index is 1200. The number of likely N-dealkylation sites (N-methyl/N-ethyl adjacent to an activating group) is 1. The van der Waals surface area contributed by atoms with Gasteiger partial charge in [0.2, 0.25) is 0 Å². The van der Waals surface area contributed by atoms with E-state index in [4.69, 9.17) is 16.3 Å². The van der Waals surface area contributed by atoms with Gasteiger partial charge in [-0.1, -0.05) is 35.9 Å². The van der Waals surface area contributed by atoms with Crippen molar-refractivity contribution < 1.29 is 19.1 Å². The smallest absolute Gasteiger partial charge is 0.312 e. The monoisotopic (exact) mass is 497 g/mol. The van der Waals surface area contributed by atoms with Crippen LogP contribution >= 0.6 is 22.9 Å². The second kappa shape index (κ2) is 10.4. The normalized spacial score (nSPS) is 17.9. The van der Waals surface area contributed by atoms with E-state index >= 15 is 0 Å². The number of benzene rings is 1. The minimum absolute atomic E-state index is 0.0569. The van der Waals surface area contributed by atoms with Gasteiger partial charge in [0.05, 0.1) is 17.8 Å². The molecule has 0 N–H and O–H groups in total. The standard InChI is InChI=1S/C25H24ClN3O4S/c1-29(25(12-6-4-11-21(25)30)18-8-2-3-9-19(18)26)22(31)15-33-23(32)14-17-16-34-24(28-17)20-10-5-7-13-27-20/h2-3,5,7-10,13,16H,4,6,11-12,14-15H2,1H3/t25-/m0/s1. The van der Waals surface area contributed by atoms with E-state index in [0.29, 0.717) is 34.1 Å². The van der Waals surface area contributed by atoms with Crippen LogP contribution in [-0.2, 0) is 31.1 Å². The Morgan fingerprint density at radius 1 is 1.18 bits per heavy atom. The van der Waals surface area contributed by atoms with Crippen molar-refractivity contribution in [2.45, 2.75) is 37.6 Å². The molecular formula is C25H24ClN3O4S. The van der Waals surface area contributed by atoms with Crippen molar-refractivity contribution in [2.75, 3.05) is 13.7 Å². The number of ether oxygens (including phenoxy) is 1. The van der Waals surface area contributed by atoms with Crippen LogP contribution in [0.2, 0.25) is 5.02 Å². The molecule has 3 aromatic rings. The summed E-state index contributed by atoms with van der Waals surface area (Å²) in [6.07, 6.45) is 4.02. The van der Waals surface area contributed by atoms with Crippen LogP contribution in [0.5, 0.6) is 0 Å². The van der Waals surface area contributed by atoms with E-state index in [1.54, 1.807) is 42.9 Å². The molecule has 2 heterocycles. The van der Waals surface area contributed by atoms with Crippen molar-refractivity contribution in [3.05, 3.63) is 70.3 Å². The predicted octanol–water partition coefficient (Wildman–Crippen LogP) is 4.44. The molecule has 1 fully saturated rings. The molecule has 0 unspecified atom stereocenters. The van der Waals surface area contributed by atoms with Crippen LogP contribution in [-0.4, -0.2) is 46.2 Å². The maximum Gasteiger partial charge on any atom is 0.312 e. The molecule has 2 aromatic heterocycles. The highest BCUT2D eigenvalue weighted by atomic mass is 35.5. The maximum absolute atomic E-state index is 13.1. The molecule has 1 saturated carbocycles. The first-order valence-corrected chi connectivity index (χ1v) is 12.2. The number of carbonyl (C=O) groups excluding carboxylic acids is 3. The lowest BCUT2D eigenvalue weighted by atomic mass is 9.74. The number of Topliss-reactive ketones (excluding diaryl/α,β-unsaturated/α-hetero) is 1. The van der Waals surface area contributed by atoms with Crippen molar-refractivity contribution >= 4 is 40.6 Å². The van der Waals surface area contributed by atoms with Crippen LogP contribution in [0.3, 0.4) is 0 Å². The summed E-state index contributed by atoms with van der Waals surface area (Å²) in [6, 6.07) is 12.6. The Morgan fingerprint density at radius 2 is 1.97 bits per heavy atom. The summed E-state index contributed by atoms with van der Waals surface area (Å²) in [5.74, 6) is -1.09. The molecule has 0 aliphatic heterocycles. The molecule has 0 saturated heterocycles. The summed E-state index contributed by atoms with van der Waals surface area (Å²) in [4.78, 5) is 48.7. The van der Waals surface area contributed by atoms with Crippen LogP contribution < -0.4 is 0 Å². The van der Waals surface area contributed by atoms with Gasteiger partial charge in [0.15, 0.2) is 12.4 Å². The zero-order valence-electron chi connectivity index (χ0n) is 18.7. The molecule has 9 heteroatoms. The summed E-state index contributed by atoms with van der Waals surface area (Å²) < 4.78 is 5.26. The minimum atomic E-state index is -1.16. The van der Waals surface area contributed by atoms with Crippen molar-refractivity contribution in [2.24, 2.45) is 0 Å². The van der Waals surface area contributed by atoms with Crippen molar-refractivity contribution in [3.63, 3.8) is 0 Å². The number of aromatic nitrogens is 2. The molecule has 34 heavy (non-hydrogen) atoms. The first-order valence-electron chi connectivity index (χ1n) is 11.0. The Morgan fingerprint density at radius 3 is 2.71 bits per heavy atom. The fourth-order valence-electron chi connectivity index (χ4n) is 4.28. The van der Waals surface area contributed by atoms with E-state index in [-0.39, 0.29) is 12.2 Å². The number of thiazole rings is 1. The highest BCUT2D eigenvalue weighted by Gasteiger charge is 2.48. The third-order valence-electron chi connectivity index (χ3n) is 6.04. The van der Waals surface area contributed by atoms with Gasteiger partial charge in [-0.05, 0) is 37.5 Å². The predicted molar refractivity (Wildman–Crippen MR) is 129 cm³/mol. The van der Waals surface area contributed by atoms with E-state index in [9.17, 15) is 14.4 Å². The van der Waals surface area contributed by atoms with Crippen molar-refractivity contribution in [1.29, 1.82) is 0 Å². The molecule has 7 nitrogen and oxygen atoms in total. The average molecular weight is 498 g/mol.